The number of fused-ring (bicyclic) bond motifs is 1. The number of amides is 1. The summed E-state index contributed by atoms with van der Waals surface area (Å²) < 4.78 is 31.5. The van der Waals surface area contributed by atoms with E-state index in [2.05, 4.69) is 10.0 Å². The first-order valence-corrected chi connectivity index (χ1v) is 13.0. The van der Waals surface area contributed by atoms with Gasteiger partial charge in [0.15, 0.2) is 17.2 Å². The van der Waals surface area contributed by atoms with Crippen LogP contribution in [0.1, 0.15) is 27.0 Å². The second-order valence-electron chi connectivity index (χ2n) is 8.47. The number of benzene rings is 4. The Labute approximate surface area is 218 Å². The van der Waals surface area contributed by atoms with Crippen molar-refractivity contribution in [2.45, 2.75) is 19.6 Å². The smallest absolute Gasteiger partial charge is 0.316 e. The molecule has 0 fully saturated rings. The first kappa shape index (κ1) is 24.4. The van der Waals surface area contributed by atoms with Gasteiger partial charge in [0.05, 0.1) is 5.69 Å². The van der Waals surface area contributed by atoms with E-state index >= 15 is 0 Å². The molecule has 37 heavy (non-hydrogen) atoms. The number of carbonyl (C=O) groups is 1. The number of rotatable bonds is 10. The Morgan fingerprint density at radius 1 is 0.784 bits per heavy atom. The highest BCUT2D eigenvalue weighted by Gasteiger charge is 2.20. The van der Waals surface area contributed by atoms with Crippen molar-refractivity contribution in [3.05, 3.63) is 119 Å². The zero-order valence-corrected chi connectivity index (χ0v) is 20.8. The first-order chi connectivity index (χ1) is 18.1. The minimum atomic E-state index is -1.61. The highest BCUT2D eigenvalue weighted by molar-refractivity contribution is 7.82. The Hall–Kier alpha value is -4.30. The monoisotopic (exact) mass is 514 g/mol. The zero-order chi connectivity index (χ0) is 25.5. The first-order valence-electron chi connectivity index (χ1n) is 11.9. The minimum absolute atomic E-state index is 0.217. The summed E-state index contributed by atoms with van der Waals surface area (Å²) in [5.74, 6) is 1.57. The second kappa shape index (κ2) is 11.6. The minimum Gasteiger partial charge on any atom is -0.485 e. The fourth-order valence-electron chi connectivity index (χ4n) is 3.85. The van der Waals surface area contributed by atoms with Crippen LogP contribution in [-0.4, -0.2) is 16.7 Å². The van der Waals surface area contributed by atoms with Crippen molar-refractivity contribution in [1.82, 2.24) is 5.32 Å². The van der Waals surface area contributed by atoms with Crippen molar-refractivity contribution in [2.75, 3.05) is 11.3 Å². The van der Waals surface area contributed by atoms with E-state index in [0.717, 1.165) is 16.7 Å². The van der Waals surface area contributed by atoms with E-state index in [1.807, 2.05) is 78.9 Å². The molecule has 1 atom stereocenters. The van der Waals surface area contributed by atoms with Gasteiger partial charge in [-0.2, -0.15) is 4.21 Å². The second-order valence-corrected chi connectivity index (χ2v) is 9.31. The van der Waals surface area contributed by atoms with Crippen molar-refractivity contribution >= 4 is 22.9 Å². The van der Waals surface area contributed by atoms with E-state index in [-0.39, 0.29) is 5.91 Å². The molecule has 1 unspecified atom stereocenters. The molecule has 1 aliphatic rings. The van der Waals surface area contributed by atoms with Crippen LogP contribution in [0.25, 0.3) is 0 Å². The van der Waals surface area contributed by atoms with Crippen LogP contribution in [0.2, 0.25) is 0 Å². The molecule has 188 valence electrons. The van der Waals surface area contributed by atoms with Crippen LogP contribution in [0.5, 0.6) is 17.2 Å². The van der Waals surface area contributed by atoms with Crippen LogP contribution in [0.15, 0.2) is 97.1 Å². The van der Waals surface area contributed by atoms with E-state index in [1.54, 1.807) is 18.2 Å². The fourth-order valence-corrected chi connectivity index (χ4v) is 4.54. The zero-order valence-electron chi connectivity index (χ0n) is 20.0. The third-order valence-corrected chi connectivity index (χ3v) is 6.50. The lowest BCUT2D eigenvalue weighted by molar-refractivity contribution is 0.0954. The Kier molecular flexibility index (Phi) is 7.66. The normalized spacial score (nSPS) is 13.7. The maximum Gasteiger partial charge on any atom is 0.316 e. The van der Waals surface area contributed by atoms with Crippen LogP contribution in [0.4, 0.5) is 5.69 Å². The highest BCUT2D eigenvalue weighted by Crippen LogP contribution is 2.32. The largest absolute Gasteiger partial charge is 0.485 e. The molecule has 4 aromatic carbocycles. The summed E-state index contributed by atoms with van der Waals surface area (Å²) >= 11 is -1.61. The van der Waals surface area contributed by atoms with Gasteiger partial charge in [0.1, 0.15) is 13.2 Å². The molecule has 0 saturated heterocycles. The lowest BCUT2D eigenvalue weighted by Gasteiger charge is -2.15. The predicted octanol–water partition coefficient (Wildman–Crippen LogP) is 5.20. The number of carbonyl (C=O) groups excluding carboxylic acids is 1. The number of anilines is 1. The van der Waals surface area contributed by atoms with Crippen molar-refractivity contribution in [1.29, 1.82) is 0 Å². The van der Waals surface area contributed by atoms with E-state index in [4.69, 9.17) is 13.7 Å². The molecule has 0 aliphatic carbocycles. The quantitative estimate of drug-likeness (QED) is 0.304. The van der Waals surface area contributed by atoms with Gasteiger partial charge in [-0.25, -0.2) is 0 Å². The topological polar surface area (TPSA) is 85.9 Å². The molecule has 0 radical (unpaired) electrons. The van der Waals surface area contributed by atoms with Crippen molar-refractivity contribution < 1.29 is 22.7 Å². The summed E-state index contributed by atoms with van der Waals surface area (Å²) in [5, 5.41) is 2.93. The summed E-state index contributed by atoms with van der Waals surface area (Å²) in [6.07, 6.45) is 0.614. The van der Waals surface area contributed by atoms with Gasteiger partial charge in [0.2, 0.25) is 0 Å². The Bertz CT molecular complexity index is 1400. The summed E-state index contributed by atoms with van der Waals surface area (Å²) in [6, 6.07) is 30.7. The predicted molar refractivity (Wildman–Crippen MR) is 143 cm³/mol. The summed E-state index contributed by atoms with van der Waals surface area (Å²) in [4.78, 5) is 12.6. The van der Waals surface area contributed by atoms with Crippen LogP contribution < -0.4 is 23.7 Å². The highest BCUT2D eigenvalue weighted by atomic mass is 32.2. The van der Waals surface area contributed by atoms with Gasteiger partial charge in [-0.05, 0) is 53.4 Å². The molecule has 1 amide bonds. The third kappa shape index (κ3) is 6.48. The van der Waals surface area contributed by atoms with Crippen LogP contribution in [0, 0.1) is 0 Å². The molecular weight excluding hydrogens is 488 g/mol. The lowest BCUT2D eigenvalue weighted by Crippen LogP contribution is -2.25. The van der Waals surface area contributed by atoms with Gasteiger partial charge in [-0.1, -0.05) is 66.7 Å². The van der Waals surface area contributed by atoms with Crippen LogP contribution >= 0.6 is 0 Å². The lowest BCUT2D eigenvalue weighted by atomic mass is 10.1. The number of ether oxygens (including phenoxy) is 2. The SMILES string of the molecule is O=C(NCCc1ccc(OCc2ccccc2)c(OCc2ccccc2)c1)c1ccc2c(c1)NS(=O)O2. The molecule has 5 rings (SSSR count). The molecule has 0 aromatic heterocycles. The van der Waals surface area contributed by atoms with Gasteiger partial charge >= 0.3 is 11.3 Å². The maximum atomic E-state index is 12.6. The third-order valence-electron chi connectivity index (χ3n) is 5.78. The van der Waals surface area contributed by atoms with Gasteiger partial charge in [0.25, 0.3) is 5.91 Å². The summed E-state index contributed by atoms with van der Waals surface area (Å²) in [5.41, 5.74) is 4.15. The number of nitrogens with one attached hydrogen (secondary N) is 2. The van der Waals surface area contributed by atoms with E-state index in [0.29, 0.717) is 54.7 Å². The Morgan fingerprint density at radius 2 is 1.46 bits per heavy atom. The molecule has 0 bridgehead atoms. The van der Waals surface area contributed by atoms with E-state index in [1.165, 1.54) is 0 Å². The fraction of sp³-hybridized carbons (Fsp3) is 0.138. The van der Waals surface area contributed by atoms with Crippen molar-refractivity contribution in [2.24, 2.45) is 0 Å². The van der Waals surface area contributed by atoms with Crippen molar-refractivity contribution in [3.8, 4) is 17.2 Å². The van der Waals surface area contributed by atoms with Crippen LogP contribution in [-0.2, 0) is 30.9 Å². The summed E-state index contributed by atoms with van der Waals surface area (Å²) in [7, 11) is 0. The summed E-state index contributed by atoms with van der Waals surface area (Å²) in [6.45, 7) is 1.30. The average Bonchev–Trinajstić information content (AvgIpc) is 3.31. The Morgan fingerprint density at radius 3 is 2.16 bits per heavy atom. The van der Waals surface area contributed by atoms with E-state index in [9.17, 15) is 9.00 Å². The molecular formula is C29H26N2O5S. The molecule has 0 spiro atoms. The average molecular weight is 515 g/mol. The molecule has 4 aromatic rings. The van der Waals surface area contributed by atoms with E-state index < -0.39 is 11.3 Å². The van der Waals surface area contributed by atoms with Crippen molar-refractivity contribution in [3.63, 3.8) is 0 Å². The Balaban J connectivity index is 1.23. The molecule has 1 aliphatic heterocycles. The number of hydrogen-bond donors (Lipinski definition) is 2. The van der Waals surface area contributed by atoms with Gasteiger partial charge in [-0.15, -0.1) is 0 Å². The molecule has 2 N–H and O–H groups in total. The maximum absolute atomic E-state index is 12.6. The standard InChI is InChI=1S/C29H26N2O5S/c32-29(24-12-14-26-25(18-24)31-37(33)36-26)30-16-15-21-11-13-27(34-19-22-7-3-1-4-8-22)28(17-21)35-20-23-9-5-2-6-10-23/h1-14,17-18,31H,15-16,19-20H2,(H,30,32). The molecule has 1 heterocycles. The van der Waals surface area contributed by atoms with Gasteiger partial charge in [0, 0.05) is 12.1 Å². The molecule has 0 saturated carbocycles. The van der Waals surface area contributed by atoms with Gasteiger partial charge in [-0.3, -0.25) is 9.52 Å². The molecule has 8 heteroatoms. The van der Waals surface area contributed by atoms with Gasteiger partial charge < -0.3 is 19.0 Å². The number of hydrogen-bond acceptors (Lipinski definition) is 5. The van der Waals surface area contributed by atoms with Crippen LogP contribution in [0.3, 0.4) is 0 Å². The molecule has 7 nitrogen and oxygen atoms in total.